The van der Waals surface area contributed by atoms with Crippen LogP contribution in [0.5, 0.6) is 0 Å². The van der Waals surface area contributed by atoms with Crippen molar-refractivity contribution in [1.29, 1.82) is 0 Å². The number of carboxylic acid groups (broad SMARTS) is 1. The van der Waals surface area contributed by atoms with Gasteiger partial charge in [0, 0.05) is 6.42 Å². The zero-order chi connectivity index (χ0) is 10.5. The Morgan fingerprint density at radius 2 is 2.15 bits per heavy atom. The molecule has 0 amide bonds. The molecule has 0 spiro atoms. The molecule has 0 rings (SSSR count). The van der Waals surface area contributed by atoms with E-state index in [1.807, 2.05) is 0 Å². The van der Waals surface area contributed by atoms with E-state index in [-0.39, 0.29) is 13.0 Å². The summed E-state index contributed by atoms with van der Waals surface area (Å²) in [4.78, 5) is 21.9. The minimum Gasteiger partial charge on any atom is -0.480 e. The molecule has 0 bridgehead atoms. The van der Waals surface area contributed by atoms with Crippen LogP contribution in [0.25, 0.3) is 0 Å². The summed E-state index contributed by atoms with van der Waals surface area (Å²) in [6.07, 6.45) is 4.80. The molecule has 1 unspecified atom stereocenters. The number of terminal acetylenes is 1. The molecule has 4 heteroatoms. The normalized spacial score (nSPS) is 13.9. The summed E-state index contributed by atoms with van der Waals surface area (Å²) in [5.41, 5.74) is -1.62. The van der Waals surface area contributed by atoms with Gasteiger partial charge in [0.2, 0.25) is 0 Å². The Labute approximate surface area is 76.9 Å². The third-order valence-corrected chi connectivity index (χ3v) is 1.65. The molecule has 13 heavy (non-hydrogen) atoms. The number of hydrogen-bond donors (Lipinski definition) is 1. The molecule has 0 saturated carbocycles. The van der Waals surface area contributed by atoms with E-state index in [2.05, 4.69) is 10.7 Å². The Hall–Kier alpha value is -1.50. The van der Waals surface area contributed by atoms with Gasteiger partial charge >= 0.3 is 11.9 Å². The van der Waals surface area contributed by atoms with Gasteiger partial charge in [-0.1, -0.05) is 0 Å². The average Bonchev–Trinajstić information content (AvgIpc) is 2.04. The van der Waals surface area contributed by atoms with Crippen LogP contribution in [-0.4, -0.2) is 23.7 Å². The lowest BCUT2D eigenvalue weighted by Crippen LogP contribution is -2.37. The molecule has 1 atom stereocenters. The molecule has 0 radical (unpaired) electrons. The van der Waals surface area contributed by atoms with E-state index < -0.39 is 17.4 Å². The van der Waals surface area contributed by atoms with Gasteiger partial charge in [0.05, 0.1) is 6.61 Å². The lowest BCUT2D eigenvalue weighted by Gasteiger charge is -2.19. The second-order valence-corrected chi connectivity index (χ2v) is 2.74. The van der Waals surface area contributed by atoms with Gasteiger partial charge in [0.1, 0.15) is 0 Å². The van der Waals surface area contributed by atoms with Gasteiger partial charge in [0.15, 0.2) is 5.41 Å². The van der Waals surface area contributed by atoms with Crippen LogP contribution in [0.2, 0.25) is 0 Å². The highest BCUT2D eigenvalue weighted by Crippen LogP contribution is 2.23. The average molecular weight is 184 g/mol. The van der Waals surface area contributed by atoms with Crippen molar-refractivity contribution in [1.82, 2.24) is 0 Å². The van der Waals surface area contributed by atoms with Crippen molar-refractivity contribution < 1.29 is 19.4 Å². The van der Waals surface area contributed by atoms with Crippen LogP contribution in [-0.2, 0) is 14.3 Å². The van der Waals surface area contributed by atoms with Crippen LogP contribution in [0, 0.1) is 17.8 Å². The highest BCUT2D eigenvalue weighted by molar-refractivity contribution is 5.98. The Bertz CT molecular complexity index is 251. The largest absolute Gasteiger partial charge is 0.480 e. The van der Waals surface area contributed by atoms with Crippen LogP contribution < -0.4 is 0 Å². The summed E-state index contributed by atoms with van der Waals surface area (Å²) in [5, 5.41) is 8.76. The molecule has 0 aromatic heterocycles. The third kappa shape index (κ3) is 2.48. The van der Waals surface area contributed by atoms with Crippen molar-refractivity contribution in [3.8, 4) is 12.3 Å². The fraction of sp³-hybridized carbons (Fsp3) is 0.556. The Balaban J connectivity index is 4.70. The second kappa shape index (κ2) is 4.51. The van der Waals surface area contributed by atoms with Gasteiger partial charge in [-0.05, 0) is 13.8 Å². The lowest BCUT2D eigenvalue weighted by molar-refractivity contribution is -0.166. The minimum atomic E-state index is -1.62. The number of hydrogen-bond acceptors (Lipinski definition) is 3. The third-order valence-electron chi connectivity index (χ3n) is 1.65. The molecule has 0 fully saturated rings. The molecule has 1 N–H and O–H groups in total. The van der Waals surface area contributed by atoms with Crippen molar-refractivity contribution in [2.75, 3.05) is 6.61 Å². The van der Waals surface area contributed by atoms with Gasteiger partial charge < -0.3 is 9.84 Å². The molecule has 4 nitrogen and oxygen atoms in total. The highest BCUT2D eigenvalue weighted by atomic mass is 16.5. The van der Waals surface area contributed by atoms with E-state index in [0.717, 1.165) is 0 Å². The topological polar surface area (TPSA) is 63.6 Å². The fourth-order valence-corrected chi connectivity index (χ4v) is 0.730. The van der Waals surface area contributed by atoms with E-state index in [4.69, 9.17) is 11.5 Å². The first-order valence-electron chi connectivity index (χ1n) is 3.83. The highest BCUT2D eigenvalue weighted by Gasteiger charge is 2.42. The van der Waals surface area contributed by atoms with Crippen LogP contribution in [0.3, 0.4) is 0 Å². The number of rotatable bonds is 4. The number of carboxylic acids is 1. The van der Waals surface area contributed by atoms with Crippen molar-refractivity contribution in [2.45, 2.75) is 20.3 Å². The molecule has 0 aromatic carbocycles. The maximum atomic E-state index is 11.2. The van der Waals surface area contributed by atoms with E-state index in [9.17, 15) is 9.59 Å². The maximum absolute atomic E-state index is 11.2. The Morgan fingerprint density at radius 3 is 2.46 bits per heavy atom. The Morgan fingerprint density at radius 1 is 1.62 bits per heavy atom. The van der Waals surface area contributed by atoms with Crippen molar-refractivity contribution in [3.05, 3.63) is 0 Å². The maximum Gasteiger partial charge on any atom is 0.324 e. The fourth-order valence-electron chi connectivity index (χ4n) is 0.730. The summed E-state index contributed by atoms with van der Waals surface area (Å²) in [5.74, 6) is 0.0958. The standard InChI is InChI=1S/C9H12O4/c1-4-6-9(3,7(10)11)8(12)13-5-2/h1H,5-6H2,2-3H3,(H,10,11). The van der Waals surface area contributed by atoms with Gasteiger partial charge in [-0.25, -0.2) is 0 Å². The van der Waals surface area contributed by atoms with Crippen molar-refractivity contribution >= 4 is 11.9 Å². The summed E-state index contributed by atoms with van der Waals surface area (Å²) in [6.45, 7) is 3.01. The van der Waals surface area contributed by atoms with Crippen LogP contribution in [0.4, 0.5) is 0 Å². The number of aliphatic carboxylic acids is 1. The number of esters is 1. The van der Waals surface area contributed by atoms with Gasteiger partial charge in [-0.15, -0.1) is 12.3 Å². The molecule has 0 heterocycles. The monoisotopic (exact) mass is 184 g/mol. The molecule has 0 aliphatic rings. The predicted octanol–water partition coefficient (Wildman–Crippen LogP) is 0.664. The van der Waals surface area contributed by atoms with Crippen LogP contribution in [0.15, 0.2) is 0 Å². The Kier molecular flexibility index (Phi) is 3.99. The van der Waals surface area contributed by atoms with Crippen LogP contribution in [0.1, 0.15) is 20.3 Å². The molecule has 0 saturated heterocycles. The number of carbonyl (C=O) groups excluding carboxylic acids is 1. The minimum absolute atomic E-state index is 0.145. The summed E-state index contributed by atoms with van der Waals surface area (Å²) < 4.78 is 4.61. The lowest BCUT2D eigenvalue weighted by atomic mass is 9.87. The van der Waals surface area contributed by atoms with E-state index in [0.29, 0.717) is 0 Å². The number of carbonyl (C=O) groups is 2. The van der Waals surface area contributed by atoms with E-state index in [1.54, 1.807) is 6.92 Å². The second-order valence-electron chi connectivity index (χ2n) is 2.74. The molecular weight excluding hydrogens is 172 g/mol. The van der Waals surface area contributed by atoms with Gasteiger partial charge in [-0.3, -0.25) is 9.59 Å². The summed E-state index contributed by atoms with van der Waals surface area (Å²) in [6, 6.07) is 0. The summed E-state index contributed by atoms with van der Waals surface area (Å²) in [7, 11) is 0. The molecule has 0 aliphatic heterocycles. The first-order chi connectivity index (χ1) is 5.99. The first kappa shape index (κ1) is 11.5. The van der Waals surface area contributed by atoms with E-state index >= 15 is 0 Å². The smallest absolute Gasteiger partial charge is 0.324 e. The zero-order valence-electron chi connectivity index (χ0n) is 7.66. The van der Waals surface area contributed by atoms with Crippen molar-refractivity contribution in [2.24, 2.45) is 5.41 Å². The van der Waals surface area contributed by atoms with Gasteiger partial charge in [0.25, 0.3) is 0 Å². The van der Waals surface area contributed by atoms with E-state index in [1.165, 1.54) is 6.92 Å². The van der Waals surface area contributed by atoms with Gasteiger partial charge in [-0.2, -0.15) is 0 Å². The van der Waals surface area contributed by atoms with Crippen molar-refractivity contribution in [3.63, 3.8) is 0 Å². The molecule has 0 aromatic rings. The molecular formula is C9H12O4. The molecule has 72 valence electrons. The number of ether oxygens (including phenoxy) is 1. The SMILES string of the molecule is C#CCC(C)(C(=O)O)C(=O)OCC. The summed E-state index contributed by atoms with van der Waals surface area (Å²) >= 11 is 0. The zero-order valence-corrected chi connectivity index (χ0v) is 7.66. The molecule has 0 aliphatic carbocycles. The van der Waals surface area contributed by atoms with Crippen LogP contribution >= 0.6 is 0 Å². The quantitative estimate of drug-likeness (QED) is 0.396. The predicted molar refractivity (Wildman–Crippen MR) is 45.8 cm³/mol. The first-order valence-corrected chi connectivity index (χ1v) is 3.83.